The molecule has 2 amide bonds. The van der Waals surface area contributed by atoms with Crippen LogP contribution in [0.4, 0.5) is 0 Å². The summed E-state index contributed by atoms with van der Waals surface area (Å²) >= 11 is 5.48. The van der Waals surface area contributed by atoms with Crippen molar-refractivity contribution in [3.05, 3.63) is 89.2 Å². The molecule has 0 spiro atoms. The van der Waals surface area contributed by atoms with Crippen molar-refractivity contribution in [1.29, 1.82) is 0 Å². The van der Waals surface area contributed by atoms with Crippen LogP contribution in [0, 0.1) is 11.8 Å². The summed E-state index contributed by atoms with van der Waals surface area (Å²) in [6.07, 6.45) is 5.21. The number of methoxy groups -OCH3 is 1. The first kappa shape index (κ1) is 28.5. The lowest BCUT2D eigenvalue weighted by atomic mass is 10.0. The molecule has 10 nitrogen and oxygen atoms in total. The molecule has 0 radical (unpaired) electrons. The molecule has 3 heterocycles. The Balaban J connectivity index is 1.39. The van der Waals surface area contributed by atoms with Crippen LogP contribution in [0.3, 0.4) is 0 Å². The Bertz CT molecular complexity index is 1730. The molecule has 4 aromatic rings. The molecule has 1 aliphatic heterocycles. The van der Waals surface area contributed by atoms with E-state index in [9.17, 15) is 19.5 Å². The summed E-state index contributed by atoms with van der Waals surface area (Å²) in [5.41, 5.74) is 6.29. The van der Waals surface area contributed by atoms with Crippen molar-refractivity contribution in [3.8, 4) is 28.8 Å². The minimum atomic E-state index is -0.978. The number of likely N-dealkylation sites (tertiary alicyclic amines) is 1. The number of amides is 2. The number of carboxylic acid groups (broad SMARTS) is 1. The van der Waals surface area contributed by atoms with Gasteiger partial charge in [0.05, 0.1) is 29.4 Å². The largest absolute Gasteiger partial charge is 0.495 e. The van der Waals surface area contributed by atoms with E-state index in [0.717, 1.165) is 12.8 Å². The molecule has 5 rings (SSSR count). The van der Waals surface area contributed by atoms with Crippen molar-refractivity contribution in [3.63, 3.8) is 0 Å². The Kier molecular flexibility index (Phi) is 8.62. The number of rotatable bonds is 6. The third kappa shape index (κ3) is 6.02. The Labute approximate surface area is 246 Å². The molecule has 42 heavy (non-hydrogen) atoms. The van der Waals surface area contributed by atoms with Crippen molar-refractivity contribution in [2.75, 3.05) is 13.7 Å². The van der Waals surface area contributed by atoms with Crippen LogP contribution in [0.5, 0.6) is 5.75 Å². The van der Waals surface area contributed by atoms with Crippen LogP contribution in [0.25, 0.3) is 22.2 Å². The van der Waals surface area contributed by atoms with Gasteiger partial charge in [0.15, 0.2) is 0 Å². The first-order valence-electron chi connectivity index (χ1n) is 13.1. The van der Waals surface area contributed by atoms with E-state index >= 15 is 0 Å². The fourth-order valence-electron chi connectivity index (χ4n) is 4.90. The smallest absolute Gasteiger partial charge is 0.326 e. The highest BCUT2D eigenvalue weighted by molar-refractivity contribution is 6.15. The van der Waals surface area contributed by atoms with Gasteiger partial charge in [0.2, 0.25) is 0 Å². The van der Waals surface area contributed by atoms with Crippen molar-refractivity contribution >= 4 is 40.5 Å². The molecule has 0 aliphatic carbocycles. The molecular weight excluding hydrogens is 558 g/mol. The van der Waals surface area contributed by atoms with Crippen molar-refractivity contribution < 1.29 is 24.2 Å². The zero-order chi connectivity index (χ0) is 29.6. The summed E-state index contributed by atoms with van der Waals surface area (Å²) in [5.74, 6) is 5.00. The van der Waals surface area contributed by atoms with Gasteiger partial charge >= 0.3 is 5.97 Å². The first-order chi connectivity index (χ1) is 20.4. The lowest BCUT2D eigenvalue weighted by Gasteiger charge is -2.33. The second-order valence-electron chi connectivity index (χ2n) is 9.59. The number of carbonyl (C=O) groups is 3. The van der Waals surface area contributed by atoms with Gasteiger partial charge in [0.1, 0.15) is 11.8 Å². The van der Waals surface area contributed by atoms with Crippen LogP contribution in [-0.4, -0.2) is 57.5 Å². The van der Waals surface area contributed by atoms with Crippen molar-refractivity contribution in [2.45, 2.75) is 25.3 Å². The summed E-state index contributed by atoms with van der Waals surface area (Å²) in [6.45, 7) is 0.429. The topological polar surface area (TPSA) is 134 Å². The van der Waals surface area contributed by atoms with E-state index in [1.807, 2.05) is 6.07 Å². The van der Waals surface area contributed by atoms with Gasteiger partial charge < -0.3 is 14.7 Å². The van der Waals surface area contributed by atoms with Gasteiger partial charge in [-0.15, -0.1) is 4.94 Å². The van der Waals surface area contributed by atoms with Crippen LogP contribution < -0.4 is 15.1 Å². The number of carbonyl (C=O) groups excluding carboxylic acids is 2. The van der Waals surface area contributed by atoms with Gasteiger partial charge in [0, 0.05) is 41.0 Å². The molecule has 0 bridgehead atoms. The monoisotopic (exact) mass is 583 g/mol. The second kappa shape index (κ2) is 12.7. The Morgan fingerprint density at radius 1 is 1.07 bits per heavy atom. The number of nitrogens with zero attached hydrogens (tertiary/aromatic N) is 3. The summed E-state index contributed by atoms with van der Waals surface area (Å²) < 4.78 is 5.60. The van der Waals surface area contributed by atoms with Gasteiger partial charge in [-0.05, 0) is 79.6 Å². The third-order valence-corrected chi connectivity index (χ3v) is 7.13. The molecule has 3 N–H and O–H groups in total. The van der Waals surface area contributed by atoms with Gasteiger partial charge in [-0.1, -0.05) is 17.9 Å². The number of piperidine rings is 1. The number of aromatic nitrogens is 2. The minimum Gasteiger partial charge on any atom is -0.495 e. The number of benzene rings is 2. The van der Waals surface area contributed by atoms with Crippen LogP contribution >= 0.6 is 11.8 Å². The van der Waals surface area contributed by atoms with Crippen LogP contribution in [0.2, 0.25) is 0 Å². The van der Waals surface area contributed by atoms with E-state index in [1.165, 1.54) is 4.90 Å². The summed E-state index contributed by atoms with van der Waals surface area (Å²) in [6, 6.07) is 14.8. The number of pyridine rings is 2. The van der Waals surface area contributed by atoms with E-state index in [-0.39, 0.29) is 5.91 Å². The molecule has 1 atom stereocenters. The summed E-state index contributed by atoms with van der Waals surface area (Å²) in [7, 11) is 1.54. The number of hydrogen-bond acceptors (Lipinski definition) is 7. The highest BCUT2D eigenvalue weighted by Crippen LogP contribution is 2.29. The van der Waals surface area contributed by atoms with Crippen molar-refractivity contribution in [2.24, 2.45) is 0 Å². The van der Waals surface area contributed by atoms with Gasteiger partial charge in [-0.2, -0.15) is 0 Å². The average Bonchev–Trinajstić information content (AvgIpc) is 3.03. The maximum Gasteiger partial charge on any atom is 0.326 e. The van der Waals surface area contributed by atoms with Gasteiger partial charge in [-0.25, -0.2) is 9.78 Å². The van der Waals surface area contributed by atoms with E-state index in [1.54, 1.807) is 68.0 Å². The molecule has 2 aromatic carbocycles. The van der Waals surface area contributed by atoms with Crippen LogP contribution in [0.15, 0.2) is 67.0 Å². The first-order valence-corrected chi connectivity index (χ1v) is 13.5. The zero-order valence-electron chi connectivity index (χ0n) is 22.6. The average molecular weight is 584 g/mol. The quantitative estimate of drug-likeness (QED) is 0.175. The highest BCUT2D eigenvalue weighted by Gasteiger charge is 2.32. The Morgan fingerprint density at radius 3 is 2.62 bits per heavy atom. The standard InChI is InChI=1S/C31H26ClN5O5/c1-42-28-16-22(26-17-23(29(38)35-36-32)24-18-33-14-13-25(24)34-26)12-11-20(28)8-5-19-6-9-21(10-7-19)30(39)37-15-3-2-4-27(37)31(40)41/h6-7,9-14,16-18,27,36H,2-4,15H2,1H3,(H,35,38)(H,40,41). The van der Waals surface area contributed by atoms with E-state index in [0.29, 0.717) is 63.1 Å². The molecule has 1 unspecified atom stereocenters. The molecular formula is C31H26ClN5O5. The molecule has 2 aromatic heterocycles. The highest BCUT2D eigenvalue weighted by atomic mass is 35.5. The van der Waals surface area contributed by atoms with Crippen LogP contribution in [0.1, 0.15) is 51.1 Å². The second-order valence-corrected chi connectivity index (χ2v) is 9.78. The molecule has 1 fully saturated rings. The van der Waals surface area contributed by atoms with Crippen molar-refractivity contribution in [1.82, 2.24) is 25.2 Å². The SMILES string of the molecule is COc1cc(-c2cc(C(=O)NNCl)c3cnccc3n2)ccc1C#Cc1ccc(C(=O)N2CCCCC2C(=O)O)cc1. The number of hydrazine groups is 1. The lowest BCUT2D eigenvalue weighted by molar-refractivity contribution is -0.143. The predicted octanol–water partition coefficient (Wildman–Crippen LogP) is 4.17. The normalized spacial score (nSPS) is 14.5. The van der Waals surface area contributed by atoms with E-state index < -0.39 is 17.9 Å². The molecule has 212 valence electrons. The Morgan fingerprint density at radius 2 is 1.88 bits per heavy atom. The fourth-order valence-corrected chi connectivity index (χ4v) is 4.99. The van der Waals surface area contributed by atoms with Crippen LogP contribution in [-0.2, 0) is 4.79 Å². The van der Waals surface area contributed by atoms with Gasteiger partial charge in [-0.3, -0.25) is 20.0 Å². The zero-order valence-corrected chi connectivity index (χ0v) is 23.3. The van der Waals surface area contributed by atoms with E-state index in [2.05, 4.69) is 32.2 Å². The van der Waals surface area contributed by atoms with Gasteiger partial charge in [0.25, 0.3) is 11.8 Å². The molecule has 1 aliphatic rings. The number of aliphatic carboxylic acids is 1. The maximum atomic E-state index is 13.0. The maximum absolute atomic E-state index is 13.0. The number of ether oxygens (including phenoxy) is 1. The third-order valence-electron chi connectivity index (χ3n) is 7.03. The summed E-state index contributed by atoms with van der Waals surface area (Å²) in [4.78, 5) is 49.5. The minimum absolute atomic E-state index is 0.294. The fraction of sp³-hybridized carbons (Fsp3) is 0.194. The molecule has 1 saturated heterocycles. The number of fused-ring (bicyclic) bond motifs is 1. The number of hydrogen-bond donors (Lipinski definition) is 3. The number of halogens is 1. The summed E-state index contributed by atoms with van der Waals surface area (Å²) in [5, 5.41) is 10.1. The lowest BCUT2D eigenvalue weighted by Crippen LogP contribution is -2.47. The van der Waals surface area contributed by atoms with E-state index in [4.69, 9.17) is 16.5 Å². The predicted molar refractivity (Wildman–Crippen MR) is 157 cm³/mol. The number of nitrogens with one attached hydrogen (secondary N) is 2. The number of carboxylic acids is 1. The Hall–Kier alpha value is -4.98. The molecule has 11 heteroatoms. The molecule has 0 saturated carbocycles.